The van der Waals surface area contributed by atoms with Gasteiger partial charge in [0.2, 0.25) is 11.8 Å². The Labute approximate surface area is 125 Å². The second-order valence-corrected chi connectivity index (χ2v) is 6.08. The van der Waals surface area contributed by atoms with Gasteiger partial charge in [-0.3, -0.25) is 9.59 Å². The molecule has 0 spiro atoms. The van der Waals surface area contributed by atoms with E-state index in [1.165, 1.54) is 6.92 Å². The van der Waals surface area contributed by atoms with Crippen molar-refractivity contribution in [2.75, 3.05) is 10.6 Å². The molecule has 2 unspecified atom stereocenters. The average molecular weight is 289 g/mol. The first-order chi connectivity index (χ1) is 9.83. The number of benzene rings is 1. The van der Waals surface area contributed by atoms with E-state index in [1.807, 2.05) is 26.0 Å². The average Bonchev–Trinajstić information content (AvgIpc) is 2.74. The highest BCUT2D eigenvalue weighted by molar-refractivity contribution is 5.97. The van der Waals surface area contributed by atoms with Crippen LogP contribution in [0.15, 0.2) is 18.2 Å². The molecule has 5 heteroatoms. The second-order valence-electron chi connectivity index (χ2n) is 6.08. The molecule has 1 fully saturated rings. The molecule has 4 N–H and O–H groups in total. The highest BCUT2D eigenvalue weighted by Crippen LogP contribution is 2.37. The Morgan fingerprint density at radius 3 is 2.62 bits per heavy atom. The summed E-state index contributed by atoms with van der Waals surface area (Å²) in [6, 6.07) is 5.39. The standard InChI is InChI=1S/C16H23N3O2/c1-10-6-7-12(9-13(10)18-11(2)20)19-15(21)16(3)8-4-5-14(16)17/h6-7,9,14H,4-5,8,17H2,1-3H3,(H,18,20)(H,19,21). The molecule has 0 aromatic heterocycles. The van der Waals surface area contributed by atoms with E-state index < -0.39 is 5.41 Å². The molecule has 114 valence electrons. The van der Waals surface area contributed by atoms with Crippen LogP contribution in [-0.2, 0) is 9.59 Å². The van der Waals surface area contributed by atoms with E-state index in [4.69, 9.17) is 5.73 Å². The Balaban J connectivity index is 2.16. The number of nitrogens with two attached hydrogens (primary N) is 1. The van der Waals surface area contributed by atoms with Crippen molar-refractivity contribution >= 4 is 23.2 Å². The molecule has 1 saturated carbocycles. The summed E-state index contributed by atoms with van der Waals surface area (Å²) in [6.45, 7) is 5.29. The molecule has 21 heavy (non-hydrogen) atoms. The van der Waals surface area contributed by atoms with Crippen LogP contribution < -0.4 is 16.4 Å². The Kier molecular flexibility index (Phi) is 4.32. The van der Waals surface area contributed by atoms with Gasteiger partial charge in [-0.05, 0) is 44.4 Å². The van der Waals surface area contributed by atoms with Gasteiger partial charge in [-0.15, -0.1) is 0 Å². The van der Waals surface area contributed by atoms with Crippen LogP contribution in [0.5, 0.6) is 0 Å². The van der Waals surface area contributed by atoms with E-state index in [9.17, 15) is 9.59 Å². The molecular formula is C16H23N3O2. The van der Waals surface area contributed by atoms with Crippen LogP contribution in [0, 0.1) is 12.3 Å². The highest BCUT2D eigenvalue weighted by atomic mass is 16.2. The van der Waals surface area contributed by atoms with E-state index >= 15 is 0 Å². The van der Waals surface area contributed by atoms with Crippen LogP contribution in [0.3, 0.4) is 0 Å². The lowest BCUT2D eigenvalue weighted by Gasteiger charge is -2.27. The van der Waals surface area contributed by atoms with Crippen molar-refractivity contribution in [3.05, 3.63) is 23.8 Å². The van der Waals surface area contributed by atoms with Gasteiger partial charge in [-0.2, -0.15) is 0 Å². The maximum absolute atomic E-state index is 12.5. The summed E-state index contributed by atoms with van der Waals surface area (Å²) in [7, 11) is 0. The number of hydrogen-bond donors (Lipinski definition) is 3. The molecule has 0 saturated heterocycles. The Hall–Kier alpha value is -1.88. The van der Waals surface area contributed by atoms with Crippen LogP contribution in [0.4, 0.5) is 11.4 Å². The molecule has 1 aliphatic carbocycles. The van der Waals surface area contributed by atoms with Gasteiger partial charge in [0, 0.05) is 24.3 Å². The molecular weight excluding hydrogens is 266 g/mol. The second kappa shape index (κ2) is 5.85. The summed E-state index contributed by atoms with van der Waals surface area (Å²) in [5.74, 6) is -0.184. The summed E-state index contributed by atoms with van der Waals surface area (Å²) in [4.78, 5) is 23.7. The van der Waals surface area contributed by atoms with Gasteiger partial charge < -0.3 is 16.4 Å². The number of anilines is 2. The number of carbonyl (C=O) groups is 2. The zero-order valence-corrected chi connectivity index (χ0v) is 12.8. The van der Waals surface area contributed by atoms with E-state index in [0.29, 0.717) is 11.4 Å². The first-order valence-electron chi connectivity index (χ1n) is 7.28. The summed E-state index contributed by atoms with van der Waals surface area (Å²) in [5.41, 5.74) is 7.89. The lowest BCUT2D eigenvalue weighted by molar-refractivity contribution is -0.125. The smallest absolute Gasteiger partial charge is 0.231 e. The van der Waals surface area contributed by atoms with Crippen molar-refractivity contribution in [3.8, 4) is 0 Å². The van der Waals surface area contributed by atoms with Gasteiger partial charge in [-0.25, -0.2) is 0 Å². The maximum Gasteiger partial charge on any atom is 0.231 e. The Bertz CT molecular complexity index is 571. The largest absolute Gasteiger partial charge is 0.327 e. The number of carbonyl (C=O) groups excluding carboxylic acids is 2. The SMILES string of the molecule is CC(=O)Nc1cc(NC(=O)C2(C)CCCC2N)ccc1C. The van der Waals surface area contributed by atoms with Gasteiger partial charge >= 0.3 is 0 Å². The third kappa shape index (κ3) is 3.24. The molecule has 1 aromatic rings. The molecule has 0 aliphatic heterocycles. The van der Waals surface area contributed by atoms with E-state index in [-0.39, 0.29) is 17.9 Å². The fraction of sp³-hybridized carbons (Fsp3) is 0.500. The van der Waals surface area contributed by atoms with Crippen molar-refractivity contribution in [1.29, 1.82) is 0 Å². The van der Waals surface area contributed by atoms with Gasteiger partial charge in [0.15, 0.2) is 0 Å². The number of rotatable bonds is 3. The zero-order chi connectivity index (χ0) is 15.6. The number of hydrogen-bond acceptors (Lipinski definition) is 3. The van der Waals surface area contributed by atoms with Crippen molar-refractivity contribution in [3.63, 3.8) is 0 Å². The maximum atomic E-state index is 12.5. The lowest BCUT2D eigenvalue weighted by atomic mass is 9.84. The molecule has 1 aliphatic rings. The van der Waals surface area contributed by atoms with Crippen molar-refractivity contribution in [2.45, 2.75) is 46.1 Å². The van der Waals surface area contributed by atoms with Crippen LogP contribution in [-0.4, -0.2) is 17.9 Å². The van der Waals surface area contributed by atoms with E-state index in [0.717, 1.165) is 24.8 Å². The van der Waals surface area contributed by atoms with Crippen LogP contribution >= 0.6 is 0 Å². The van der Waals surface area contributed by atoms with Crippen LogP contribution in [0.25, 0.3) is 0 Å². The summed E-state index contributed by atoms with van der Waals surface area (Å²) >= 11 is 0. The monoisotopic (exact) mass is 289 g/mol. The molecule has 5 nitrogen and oxygen atoms in total. The molecule has 2 atom stereocenters. The fourth-order valence-corrected chi connectivity index (χ4v) is 2.77. The third-order valence-corrected chi connectivity index (χ3v) is 4.35. The lowest BCUT2D eigenvalue weighted by Crippen LogP contribution is -2.44. The van der Waals surface area contributed by atoms with Crippen molar-refractivity contribution in [1.82, 2.24) is 0 Å². The van der Waals surface area contributed by atoms with E-state index in [1.54, 1.807) is 6.07 Å². The molecule has 2 rings (SSSR count). The van der Waals surface area contributed by atoms with Crippen LogP contribution in [0.2, 0.25) is 0 Å². The fourth-order valence-electron chi connectivity index (χ4n) is 2.77. The molecule has 2 amide bonds. The molecule has 0 bridgehead atoms. The predicted molar refractivity (Wildman–Crippen MR) is 84.0 cm³/mol. The topological polar surface area (TPSA) is 84.2 Å². The first kappa shape index (κ1) is 15.5. The van der Waals surface area contributed by atoms with E-state index in [2.05, 4.69) is 10.6 Å². The zero-order valence-electron chi connectivity index (χ0n) is 12.8. The minimum Gasteiger partial charge on any atom is -0.327 e. The van der Waals surface area contributed by atoms with Crippen molar-refractivity contribution in [2.24, 2.45) is 11.1 Å². The molecule has 0 radical (unpaired) electrons. The summed E-state index contributed by atoms with van der Waals surface area (Å²) in [5, 5.41) is 5.69. The van der Waals surface area contributed by atoms with Gasteiger partial charge in [0.1, 0.15) is 0 Å². The van der Waals surface area contributed by atoms with Gasteiger partial charge in [0.05, 0.1) is 5.41 Å². The number of aryl methyl sites for hydroxylation is 1. The molecule has 1 aromatic carbocycles. The van der Waals surface area contributed by atoms with Crippen molar-refractivity contribution < 1.29 is 9.59 Å². The number of amides is 2. The third-order valence-electron chi connectivity index (χ3n) is 4.35. The minimum absolute atomic E-state index is 0.0508. The Morgan fingerprint density at radius 2 is 2.05 bits per heavy atom. The molecule has 0 heterocycles. The van der Waals surface area contributed by atoms with Gasteiger partial charge in [0.25, 0.3) is 0 Å². The highest BCUT2D eigenvalue weighted by Gasteiger charge is 2.42. The summed E-state index contributed by atoms with van der Waals surface area (Å²) < 4.78 is 0. The predicted octanol–water partition coefficient (Wildman–Crippen LogP) is 2.41. The normalized spacial score (nSPS) is 24.7. The Morgan fingerprint density at radius 1 is 1.33 bits per heavy atom. The first-order valence-corrected chi connectivity index (χ1v) is 7.28. The quantitative estimate of drug-likeness (QED) is 0.799. The number of nitrogens with one attached hydrogen (secondary N) is 2. The van der Waals surface area contributed by atoms with Gasteiger partial charge in [-0.1, -0.05) is 12.5 Å². The van der Waals surface area contributed by atoms with Crippen LogP contribution in [0.1, 0.15) is 38.7 Å². The minimum atomic E-state index is -0.515. The summed E-state index contributed by atoms with van der Waals surface area (Å²) in [6.07, 6.45) is 2.68.